The molecule has 1 N–H and O–H groups in total. The van der Waals surface area contributed by atoms with E-state index in [1.54, 1.807) is 7.05 Å². The van der Waals surface area contributed by atoms with Crippen molar-refractivity contribution in [2.75, 3.05) is 17.7 Å². The minimum atomic E-state index is -0.941. The average Bonchev–Trinajstić information content (AvgIpc) is 2.90. The zero-order valence-electron chi connectivity index (χ0n) is 11.5. The van der Waals surface area contributed by atoms with Crippen molar-refractivity contribution < 1.29 is 14.7 Å². The molecule has 1 aliphatic heterocycles. The number of aliphatic carboxylic acids is 1. The van der Waals surface area contributed by atoms with Gasteiger partial charge >= 0.3 is 12.0 Å². The molecule has 0 aromatic heterocycles. The van der Waals surface area contributed by atoms with Crippen LogP contribution in [0.1, 0.15) is 13.3 Å². The van der Waals surface area contributed by atoms with Gasteiger partial charge in [-0.05, 0) is 18.6 Å². The summed E-state index contributed by atoms with van der Waals surface area (Å²) in [4.78, 5) is 26.9. The van der Waals surface area contributed by atoms with Gasteiger partial charge in [-0.15, -0.1) is 11.8 Å². The van der Waals surface area contributed by atoms with Crippen molar-refractivity contribution >= 4 is 29.4 Å². The van der Waals surface area contributed by atoms with Crippen molar-refractivity contribution in [2.45, 2.75) is 24.8 Å². The quantitative estimate of drug-likeness (QED) is 0.930. The van der Waals surface area contributed by atoms with E-state index in [0.29, 0.717) is 5.75 Å². The van der Waals surface area contributed by atoms with Crippen molar-refractivity contribution in [2.24, 2.45) is 0 Å². The molecule has 1 fully saturated rings. The molecule has 1 saturated heterocycles. The van der Waals surface area contributed by atoms with E-state index >= 15 is 0 Å². The lowest BCUT2D eigenvalue weighted by atomic mass is 10.2. The highest BCUT2D eigenvalue weighted by molar-refractivity contribution is 8.00. The fourth-order valence-corrected chi connectivity index (χ4v) is 3.60. The van der Waals surface area contributed by atoms with Crippen molar-refractivity contribution in [1.82, 2.24) is 4.90 Å². The molecule has 5 nitrogen and oxygen atoms in total. The molecule has 2 atom stereocenters. The van der Waals surface area contributed by atoms with Crippen LogP contribution in [0.2, 0.25) is 0 Å². The molecule has 0 bridgehead atoms. The summed E-state index contributed by atoms with van der Waals surface area (Å²) in [5, 5.41) is 9.20. The maximum Gasteiger partial charge on any atom is 0.327 e. The second kappa shape index (κ2) is 6.17. The van der Waals surface area contributed by atoms with Gasteiger partial charge in [-0.1, -0.05) is 25.1 Å². The highest BCUT2D eigenvalue weighted by Crippen LogP contribution is 2.32. The first-order chi connectivity index (χ1) is 9.56. The Balaban J connectivity index is 2.23. The minimum absolute atomic E-state index is 0.0743. The van der Waals surface area contributed by atoms with Gasteiger partial charge < -0.3 is 5.11 Å². The summed E-state index contributed by atoms with van der Waals surface area (Å²) in [6.45, 7) is 1.96. The maximum atomic E-state index is 12.6. The molecule has 0 saturated carbocycles. The second-order valence-corrected chi connectivity index (χ2v) is 5.85. The Morgan fingerprint density at radius 2 is 2.05 bits per heavy atom. The number of thioether (sulfide) groups is 1. The van der Waals surface area contributed by atoms with Gasteiger partial charge in [-0.25, -0.2) is 9.59 Å². The Labute approximate surface area is 122 Å². The van der Waals surface area contributed by atoms with Crippen LogP contribution in [0.5, 0.6) is 0 Å². The molecule has 1 aromatic carbocycles. The lowest BCUT2D eigenvalue weighted by Crippen LogP contribution is -2.50. The highest BCUT2D eigenvalue weighted by Gasteiger charge is 2.42. The number of carbonyl (C=O) groups excluding carboxylic acids is 1. The largest absolute Gasteiger partial charge is 0.480 e. The topological polar surface area (TPSA) is 60.9 Å². The SMILES string of the molecule is CCC1SCC(C(=O)O)N1C(=O)N(C)c1ccccc1. The van der Waals surface area contributed by atoms with E-state index in [2.05, 4.69) is 0 Å². The molecule has 2 unspecified atom stereocenters. The molecular weight excluding hydrogens is 276 g/mol. The predicted octanol–water partition coefficient (Wildman–Crippen LogP) is 2.48. The standard InChI is InChI=1S/C14H18N2O3S/c1-3-12-16(11(9-20-12)13(17)18)14(19)15(2)10-7-5-4-6-8-10/h4-8,11-12H,3,9H2,1-2H3,(H,17,18). The van der Waals surface area contributed by atoms with Crippen LogP contribution < -0.4 is 4.90 Å². The van der Waals surface area contributed by atoms with Gasteiger partial charge in [0.05, 0.1) is 5.37 Å². The number of amides is 2. The number of benzene rings is 1. The molecule has 1 aromatic rings. The van der Waals surface area contributed by atoms with Crippen LogP contribution >= 0.6 is 11.8 Å². The average molecular weight is 294 g/mol. The third kappa shape index (κ3) is 2.75. The number of rotatable bonds is 3. The third-order valence-electron chi connectivity index (χ3n) is 3.38. The number of hydrogen-bond acceptors (Lipinski definition) is 3. The van der Waals surface area contributed by atoms with Gasteiger partial charge in [0.1, 0.15) is 6.04 Å². The summed E-state index contributed by atoms with van der Waals surface area (Å²) in [5.74, 6) is -0.495. The molecule has 2 amide bonds. The van der Waals surface area contributed by atoms with Gasteiger partial charge in [-0.3, -0.25) is 9.80 Å². The number of carboxylic acid groups (broad SMARTS) is 1. The fraction of sp³-hybridized carbons (Fsp3) is 0.429. The van der Waals surface area contributed by atoms with E-state index < -0.39 is 12.0 Å². The molecule has 0 spiro atoms. The monoisotopic (exact) mass is 294 g/mol. The molecule has 20 heavy (non-hydrogen) atoms. The minimum Gasteiger partial charge on any atom is -0.480 e. The van der Waals surface area contributed by atoms with E-state index in [1.165, 1.54) is 21.6 Å². The van der Waals surface area contributed by atoms with Gasteiger partial charge in [0.15, 0.2) is 0 Å². The van der Waals surface area contributed by atoms with Crippen LogP contribution in [0.25, 0.3) is 0 Å². The molecule has 2 rings (SSSR count). The maximum absolute atomic E-state index is 12.6. The van der Waals surface area contributed by atoms with E-state index in [-0.39, 0.29) is 11.4 Å². The molecular formula is C14H18N2O3S. The summed E-state index contributed by atoms with van der Waals surface area (Å²) in [6.07, 6.45) is 0.739. The Hall–Kier alpha value is -1.69. The number of urea groups is 1. The Kier molecular flexibility index (Phi) is 4.54. The van der Waals surface area contributed by atoms with Crippen LogP contribution in [0.15, 0.2) is 30.3 Å². The van der Waals surface area contributed by atoms with E-state index in [0.717, 1.165) is 12.1 Å². The van der Waals surface area contributed by atoms with E-state index in [1.807, 2.05) is 37.3 Å². The van der Waals surface area contributed by atoms with Gasteiger partial charge in [-0.2, -0.15) is 0 Å². The molecule has 1 heterocycles. The Bertz CT molecular complexity index is 494. The third-order valence-corrected chi connectivity index (χ3v) is 4.83. The van der Waals surface area contributed by atoms with Crippen molar-refractivity contribution in [3.05, 3.63) is 30.3 Å². The number of para-hydroxylation sites is 1. The second-order valence-electron chi connectivity index (χ2n) is 4.63. The Morgan fingerprint density at radius 3 is 2.60 bits per heavy atom. The summed E-state index contributed by atoms with van der Waals surface area (Å²) >= 11 is 1.53. The van der Waals surface area contributed by atoms with Crippen LogP contribution in [-0.2, 0) is 4.79 Å². The smallest absolute Gasteiger partial charge is 0.327 e. The first-order valence-corrected chi connectivity index (χ1v) is 7.56. The van der Waals surface area contributed by atoms with Crippen molar-refractivity contribution in [3.63, 3.8) is 0 Å². The number of anilines is 1. The summed E-state index contributed by atoms with van der Waals surface area (Å²) < 4.78 is 0. The first kappa shape index (κ1) is 14.7. The van der Waals surface area contributed by atoms with Crippen molar-refractivity contribution in [3.8, 4) is 0 Å². The zero-order chi connectivity index (χ0) is 14.7. The van der Waals surface area contributed by atoms with E-state index in [4.69, 9.17) is 0 Å². The van der Waals surface area contributed by atoms with Crippen LogP contribution in [0.4, 0.5) is 10.5 Å². The van der Waals surface area contributed by atoms with Crippen LogP contribution in [0, 0.1) is 0 Å². The summed E-state index contributed by atoms with van der Waals surface area (Å²) in [5.41, 5.74) is 0.758. The number of carboxylic acids is 1. The normalized spacial score (nSPS) is 21.8. The van der Waals surface area contributed by atoms with Gasteiger partial charge in [0.2, 0.25) is 0 Å². The van der Waals surface area contributed by atoms with Crippen LogP contribution in [-0.4, -0.2) is 46.2 Å². The Morgan fingerprint density at radius 1 is 1.40 bits per heavy atom. The fourth-order valence-electron chi connectivity index (χ4n) is 2.26. The molecule has 6 heteroatoms. The number of carbonyl (C=O) groups is 2. The molecule has 0 radical (unpaired) electrons. The summed E-state index contributed by atoms with van der Waals surface area (Å²) in [6, 6.07) is 8.23. The lowest BCUT2D eigenvalue weighted by Gasteiger charge is -2.31. The molecule has 1 aliphatic rings. The number of nitrogens with zero attached hydrogens (tertiary/aromatic N) is 2. The van der Waals surface area contributed by atoms with Gasteiger partial charge in [0, 0.05) is 18.5 Å². The molecule has 0 aliphatic carbocycles. The van der Waals surface area contributed by atoms with Crippen molar-refractivity contribution in [1.29, 1.82) is 0 Å². The first-order valence-electron chi connectivity index (χ1n) is 6.51. The lowest BCUT2D eigenvalue weighted by molar-refractivity contribution is -0.141. The van der Waals surface area contributed by atoms with Crippen LogP contribution in [0.3, 0.4) is 0 Å². The summed E-state index contributed by atoms with van der Waals surface area (Å²) in [7, 11) is 1.67. The van der Waals surface area contributed by atoms with Gasteiger partial charge in [0.25, 0.3) is 0 Å². The van der Waals surface area contributed by atoms with E-state index in [9.17, 15) is 14.7 Å². The molecule has 108 valence electrons. The zero-order valence-corrected chi connectivity index (χ0v) is 12.3. The number of hydrogen-bond donors (Lipinski definition) is 1. The predicted molar refractivity (Wildman–Crippen MR) is 80.0 cm³/mol. The highest BCUT2D eigenvalue weighted by atomic mass is 32.2.